The van der Waals surface area contributed by atoms with Gasteiger partial charge in [0.2, 0.25) is 5.88 Å². The Morgan fingerprint density at radius 1 is 1.33 bits per heavy atom. The monoisotopic (exact) mass is 248 g/mol. The third-order valence-corrected chi connectivity index (χ3v) is 3.42. The Morgan fingerprint density at radius 2 is 2.28 bits per heavy atom. The molecule has 1 unspecified atom stereocenters. The summed E-state index contributed by atoms with van der Waals surface area (Å²) in [7, 11) is 0. The van der Waals surface area contributed by atoms with Gasteiger partial charge < -0.3 is 14.8 Å². The van der Waals surface area contributed by atoms with Crippen LogP contribution in [0.5, 0.6) is 5.88 Å². The van der Waals surface area contributed by atoms with Gasteiger partial charge in [0.15, 0.2) is 0 Å². The Labute approximate surface area is 108 Å². The first-order chi connectivity index (χ1) is 8.90. The van der Waals surface area contributed by atoms with Crippen LogP contribution in [0.4, 0.5) is 0 Å². The maximum Gasteiger partial charge on any atom is 0.213 e. The molecule has 1 aromatic rings. The molecule has 1 N–H and O–H groups in total. The number of nitrogens with zero attached hydrogens (tertiary/aromatic N) is 1. The fourth-order valence-corrected chi connectivity index (χ4v) is 2.09. The van der Waals surface area contributed by atoms with E-state index in [4.69, 9.17) is 9.47 Å². The highest BCUT2D eigenvalue weighted by atomic mass is 16.5. The van der Waals surface area contributed by atoms with Gasteiger partial charge in [-0.2, -0.15) is 0 Å². The summed E-state index contributed by atoms with van der Waals surface area (Å²) in [4.78, 5) is 4.51. The predicted octanol–water partition coefficient (Wildman–Crippen LogP) is 1.75. The lowest BCUT2D eigenvalue weighted by Gasteiger charge is -2.10. The van der Waals surface area contributed by atoms with Gasteiger partial charge >= 0.3 is 0 Å². The zero-order valence-electron chi connectivity index (χ0n) is 10.6. The minimum Gasteiger partial charge on any atom is -0.477 e. The molecule has 0 spiro atoms. The van der Waals surface area contributed by atoms with Crippen LogP contribution in [0.25, 0.3) is 0 Å². The Morgan fingerprint density at radius 3 is 3.06 bits per heavy atom. The van der Waals surface area contributed by atoms with Crippen molar-refractivity contribution in [3.63, 3.8) is 0 Å². The van der Waals surface area contributed by atoms with E-state index in [0.29, 0.717) is 18.6 Å². The lowest BCUT2D eigenvalue weighted by Crippen LogP contribution is -2.17. The SMILES string of the molecule is c1cc(CNC2CC2)nc(OCC2CCOC2)c1. The molecule has 2 heterocycles. The lowest BCUT2D eigenvalue weighted by atomic mass is 10.1. The fraction of sp³-hybridized carbons (Fsp3) is 0.643. The molecule has 0 bridgehead atoms. The minimum absolute atomic E-state index is 0.528. The largest absolute Gasteiger partial charge is 0.477 e. The van der Waals surface area contributed by atoms with E-state index in [2.05, 4.69) is 10.3 Å². The summed E-state index contributed by atoms with van der Waals surface area (Å²) in [5.41, 5.74) is 1.06. The predicted molar refractivity (Wildman–Crippen MR) is 68.5 cm³/mol. The van der Waals surface area contributed by atoms with E-state index in [-0.39, 0.29) is 0 Å². The second-order valence-corrected chi connectivity index (χ2v) is 5.16. The topological polar surface area (TPSA) is 43.4 Å². The highest BCUT2D eigenvalue weighted by Gasteiger charge is 2.20. The van der Waals surface area contributed by atoms with Gasteiger partial charge in [-0.25, -0.2) is 4.98 Å². The van der Waals surface area contributed by atoms with Crippen molar-refractivity contribution in [1.29, 1.82) is 0 Å². The summed E-state index contributed by atoms with van der Waals surface area (Å²) >= 11 is 0. The average molecular weight is 248 g/mol. The van der Waals surface area contributed by atoms with Crippen molar-refractivity contribution in [3.05, 3.63) is 23.9 Å². The van der Waals surface area contributed by atoms with E-state index in [0.717, 1.165) is 37.8 Å². The number of ether oxygens (including phenoxy) is 2. The molecule has 0 aromatic carbocycles. The molecule has 1 aliphatic heterocycles. The van der Waals surface area contributed by atoms with Crippen molar-refractivity contribution in [3.8, 4) is 5.88 Å². The van der Waals surface area contributed by atoms with Crippen LogP contribution < -0.4 is 10.1 Å². The molecule has 2 fully saturated rings. The molecule has 98 valence electrons. The van der Waals surface area contributed by atoms with Crippen molar-refractivity contribution in [2.24, 2.45) is 5.92 Å². The normalized spacial score (nSPS) is 23.2. The molecule has 0 amide bonds. The smallest absolute Gasteiger partial charge is 0.213 e. The maximum atomic E-state index is 5.73. The van der Waals surface area contributed by atoms with E-state index >= 15 is 0 Å². The van der Waals surface area contributed by atoms with Crippen LogP contribution in [-0.2, 0) is 11.3 Å². The number of hydrogen-bond acceptors (Lipinski definition) is 4. The van der Waals surface area contributed by atoms with Crippen molar-refractivity contribution in [2.45, 2.75) is 31.8 Å². The van der Waals surface area contributed by atoms with Crippen molar-refractivity contribution in [1.82, 2.24) is 10.3 Å². The summed E-state index contributed by atoms with van der Waals surface area (Å²) in [5, 5.41) is 3.46. The molecule has 4 nitrogen and oxygen atoms in total. The van der Waals surface area contributed by atoms with Crippen molar-refractivity contribution in [2.75, 3.05) is 19.8 Å². The van der Waals surface area contributed by atoms with Gasteiger partial charge in [0.05, 0.1) is 18.9 Å². The molecular formula is C14H20N2O2. The van der Waals surface area contributed by atoms with Crippen LogP contribution in [0.3, 0.4) is 0 Å². The molecular weight excluding hydrogens is 228 g/mol. The Balaban J connectivity index is 1.49. The molecule has 0 radical (unpaired) electrons. The Bertz CT molecular complexity index is 387. The molecule has 1 atom stereocenters. The van der Waals surface area contributed by atoms with Gasteiger partial charge in [-0.15, -0.1) is 0 Å². The number of pyridine rings is 1. The Kier molecular flexibility index (Phi) is 3.76. The van der Waals surface area contributed by atoms with Gasteiger partial charge in [-0.3, -0.25) is 0 Å². The number of hydrogen-bond donors (Lipinski definition) is 1. The van der Waals surface area contributed by atoms with E-state index in [1.807, 2.05) is 18.2 Å². The summed E-state index contributed by atoms with van der Waals surface area (Å²) in [6.45, 7) is 3.25. The standard InChI is InChI=1S/C14H20N2O2/c1-2-13(8-15-12-4-5-12)16-14(3-1)18-10-11-6-7-17-9-11/h1-3,11-12,15H,4-10H2. The highest BCUT2D eigenvalue weighted by Crippen LogP contribution is 2.19. The van der Waals surface area contributed by atoms with Gasteiger partial charge in [-0.05, 0) is 25.3 Å². The van der Waals surface area contributed by atoms with E-state index < -0.39 is 0 Å². The van der Waals surface area contributed by atoms with Gasteiger partial charge in [0.1, 0.15) is 0 Å². The summed E-state index contributed by atoms with van der Waals surface area (Å²) in [5.74, 6) is 1.26. The van der Waals surface area contributed by atoms with Crippen molar-refractivity contribution >= 4 is 0 Å². The number of nitrogens with one attached hydrogen (secondary N) is 1. The van der Waals surface area contributed by atoms with E-state index in [1.165, 1.54) is 12.8 Å². The van der Waals surface area contributed by atoms with E-state index in [9.17, 15) is 0 Å². The van der Waals surface area contributed by atoms with Crippen LogP contribution in [-0.4, -0.2) is 30.8 Å². The molecule has 2 aliphatic rings. The first kappa shape index (κ1) is 11.9. The zero-order chi connectivity index (χ0) is 12.2. The third-order valence-electron chi connectivity index (χ3n) is 3.42. The molecule has 1 saturated carbocycles. The second kappa shape index (κ2) is 5.67. The van der Waals surface area contributed by atoms with Crippen LogP contribution in [0.15, 0.2) is 18.2 Å². The molecule has 3 rings (SSSR count). The van der Waals surface area contributed by atoms with Gasteiger partial charge in [0, 0.05) is 31.2 Å². The molecule has 1 saturated heterocycles. The fourth-order valence-electron chi connectivity index (χ4n) is 2.09. The molecule has 4 heteroatoms. The number of rotatable bonds is 6. The van der Waals surface area contributed by atoms with E-state index in [1.54, 1.807) is 0 Å². The number of aromatic nitrogens is 1. The van der Waals surface area contributed by atoms with Crippen LogP contribution >= 0.6 is 0 Å². The van der Waals surface area contributed by atoms with Gasteiger partial charge in [-0.1, -0.05) is 6.07 Å². The van der Waals surface area contributed by atoms with Crippen LogP contribution in [0.1, 0.15) is 25.0 Å². The third kappa shape index (κ3) is 3.43. The maximum absolute atomic E-state index is 5.73. The van der Waals surface area contributed by atoms with Crippen molar-refractivity contribution < 1.29 is 9.47 Å². The lowest BCUT2D eigenvalue weighted by molar-refractivity contribution is 0.165. The highest BCUT2D eigenvalue weighted by molar-refractivity contribution is 5.16. The summed E-state index contributed by atoms with van der Waals surface area (Å²) in [6, 6.07) is 6.70. The van der Waals surface area contributed by atoms with Gasteiger partial charge in [0.25, 0.3) is 0 Å². The minimum atomic E-state index is 0.528. The molecule has 1 aromatic heterocycles. The zero-order valence-corrected chi connectivity index (χ0v) is 10.6. The summed E-state index contributed by atoms with van der Waals surface area (Å²) < 4.78 is 11.1. The Hall–Kier alpha value is -1.13. The first-order valence-electron chi connectivity index (χ1n) is 6.80. The van der Waals surface area contributed by atoms with Crippen LogP contribution in [0.2, 0.25) is 0 Å². The summed E-state index contributed by atoms with van der Waals surface area (Å²) in [6.07, 6.45) is 3.71. The first-order valence-corrected chi connectivity index (χ1v) is 6.80. The quantitative estimate of drug-likeness (QED) is 0.833. The molecule has 18 heavy (non-hydrogen) atoms. The second-order valence-electron chi connectivity index (χ2n) is 5.16. The van der Waals surface area contributed by atoms with Crippen LogP contribution in [0, 0.1) is 5.92 Å². The average Bonchev–Trinajstić information content (AvgIpc) is 3.09. The molecule has 1 aliphatic carbocycles.